The van der Waals surface area contributed by atoms with Crippen molar-refractivity contribution in [1.82, 2.24) is 5.32 Å². The monoisotopic (exact) mass is 207 g/mol. The van der Waals surface area contributed by atoms with Gasteiger partial charge in [0.1, 0.15) is 0 Å². The predicted molar refractivity (Wildman–Crippen MR) is 57.5 cm³/mol. The number of furan rings is 1. The Morgan fingerprint density at radius 1 is 1.33 bits per heavy atom. The second-order valence-corrected chi connectivity index (χ2v) is 5.33. The van der Waals surface area contributed by atoms with E-state index in [1.54, 1.807) is 12.1 Å². The highest BCUT2D eigenvalue weighted by molar-refractivity contribution is 5.92. The molecule has 0 aromatic carbocycles. The van der Waals surface area contributed by atoms with Gasteiger partial charge in [0.05, 0.1) is 6.26 Å². The molecule has 3 heteroatoms. The van der Waals surface area contributed by atoms with Gasteiger partial charge in [-0.25, -0.2) is 0 Å². The third-order valence-electron chi connectivity index (χ3n) is 4.04. The first-order valence-corrected chi connectivity index (χ1v) is 5.22. The molecular weight excluding hydrogens is 190 g/mol. The Morgan fingerprint density at radius 2 is 1.93 bits per heavy atom. The van der Waals surface area contributed by atoms with Gasteiger partial charge >= 0.3 is 0 Å². The smallest absolute Gasteiger partial charge is 0.287 e. The van der Waals surface area contributed by atoms with Crippen molar-refractivity contribution in [2.45, 2.75) is 33.7 Å². The number of rotatable bonds is 2. The topological polar surface area (TPSA) is 42.2 Å². The second-order valence-electron chi connectivity index (χ2n) is 5.33. The molecule has 2 rings (SSSR count). The summed E-state index contributed by atoms with van der Waals surface area (Å²) in [6, 6.07) is 3.62. The first kappa shape index (κ1) is 10.3. The fraction of sp³-hybridized carbons (Fsp3) is 0.583. The Bertz CT molecular complexity index is 362. The third kappa shape index (κ3) is 1.37. The van der Waals surface area contributed by atoms with Crippen LogP contribution in [0.2, 0.25) is 0 Å². The van der Waals surface area contributed by atoms with E-state index in [4.69, 9.17) is 4.42 Å². The van der Waals surface area contributed by atoms with Crippen molar-refractivity contribution < 1.29 is 9.21 Å². The van der Waals surface area contributed by atoms with Crippen molar-refractivity contribution in [3.8, 4) is 0 Å². The molecule has 0 aliphatic heterocycles. The molecule has 15 heavy (non-hydrogen) atoms. The molecular formula is C12H17NO2. The van der Waals surface area contributed by atoms with Crippen molar-refractivity contribution >= 4 is 5.91 Å². The first-order chi connectivity index (χ1) is 6.87. The standard InChI is InChI=1S/C12H17NO2/c1-11(2)10(12(11,3)4)13-9(14)8-6-5-7-15-8/h5-7,10H,1-4H3,(H,13,14). The largest absolute Gasteiger partial charge is 0.459 e. The predicted octanol–water partition coefficient (Wildman–Crippen LogP) is 2.44. The lowest BCUT2D eigenvalue weighted by Gasteiger charge is -2.03. The zero-order chi connectivity index (χ0) is 11.3. The SMILES string of the molecule is CC1(C)C(NC(=O)c2ccco2)C1(C)C. The highest BCUT2D eigenvalue weighted by Crippen LogP contribution is 2.62. The summed E-state index contributed by atoms with van der Waals surface area (Å²) in [7, 11) is 0. The van der Waals surface area contributed by atoms with E-state index in [1.807, 2.05) is 0 Å². The van der Waals surface area contributed by atoms with Crippen LogP contribution in [0.4, 0.5) is 0 Å². The van der Waals surface area contributed by atoms with Crippen LogP contribution in [0.1, 0.15) is 38.2 Å². The van der Waals surface area contributed by atoms with E-state index in [0.717, 1.165) is 0 Å². The maximum atomic E-state index is 11.7. The van der Waals surface area contributed by atoms with Gasteiger partial charge in [0.15, 0.2) is 5.76 Å². The van der Waals surface area contributed by atoms with Gasteiger partial charge in [-0.3, -0.25) is 4.79 Å². The van der Waals surface area contributed by atoms with Gasteiger partial charge in [-0.15, -0.1) is 0 Å². The van der Waals surface area contributed by atoms with E-state index in [1.165, 1.54) is 6.26 Å². The Morgan fingerprint density at radius 3 is 2.33 bits per heavy atom. The highest BCUT2D eigenvalue weighted by Gasteiger charge is 2.65. The summed E-state index contributed by atoms with van der Waals surface area (Å²) in [6.45, 7) is 8.67. The van der Waals surface area contributed by atoms with Crippen LogP contribution < -0.4 is 5.32 Å². The van der Waals surface area contributed by atoms with Gasteiger partial charge < -0.3 is 9.73 Å². The molecule has 1 saturated carbocycles. The van der Waals surface area contributed by atoms with E-state index in [2.05, 4.69) is 33.0 Å². The Hall–Kier alpha value is -1.25. The van der Waals surface area contributed by atoms with E-state index in [-0.39, 0.29) is 22.8 Å². The number of hydrogen-bond donors (Lipinski definition) is 1. The van der Waals surface area contributed by atoms with Crippen LogP contribution in [-0.4, -0.2) is 11.9 Å². The summed E-state index contributed by atoms with van der Waals surface area (Å²) in [5.74, 6) is 0.261. The Kier molecular flexibility index (Phi) is 1.97. The number of amides is 1. The van der Waals surface area contributed by atoms with Gasteiger partial charge in [-0.2, -0.15) is 0 Å². The highest BCUT2D eigenvalue weighted by atomic mass is 16.3. The Balaban J connectivity index is 2.04. The molecule has 0 unspecified atom stereocenters. The van der Waals surface area contributed by atoms with E-state index in [9.17, 15) is 4.79 Å². The van der Waals surface area contributed by atoms with Crippen LogP contribution in [0.3, 0.4) is 0 Å². The maximum absolute atomic E-state index is 11.7. The molecule has 0 atom stereocenters. The molecule has 1 fully saturated rings. The molecule has 0 spiro atoms. The fourth-order valence-corrected chi connectivity index (χ4v) is 2.17. The van der Waals surface area contributed by atoms with Crippen LogP contribution in [0.25, 0.3) is 0 Å². The van der Waals surface area contributed by atoms with Crippen molar-refractivity contribution in [3.05, 3.63) is 24.2 Å². The normalized spacial score (nSPS) is 22.4. The lowest BCUT2D eigenvalue weighted by molar-refractivity contribution is 0.0916. The minimum absolute atomic E-state index is 0.122. The van der Waals surface area contributed by atoms with Gasteiger partial charge in [0.25, 0.3) is 5.91 Å². The van der Waals surface area contributed by atoms with Crippen LogP contribution in [-0.2, 0) is 0 Å². The van der Waals surface area contributed by atoms with Crippen molar-refractivity contribution in [3.63, 3.8) is 0 Å². The second kappa shape index (κ2) is 2.87. The van der Waals surface area contributed by atoms with Crippen molar-refractivity contribution in [1.29, 1.82) is 0 Å². The van der Waals surface area contributed by atoms with E-state index in [0.29, 0.717) is 5.76 Å². The zero-order valence-corrected chi connectivity index (χ0v) is 9.63. The fourth-order valence-electron chi connectivity index (χ4n) is 2.17. The summed E-state index contributed by atoms with van der Waals surface area (Å²) in [6.07, 6.45) is 1.51. The molecule has 1 aliphatic rings. The third-order valence-corrected chi connectivity index (χ3v) is 4.04. The molecule has 1 aromatic heterocycles. The maximum Gasteiger partial charge on any atom is 0.287 e. The van der Waals surface area contributed by atoms with Crippen molar-refractivity contribution in [2.24, 2.45) is 10.8 Å². The van der Waals surface area contributed by atoms with Gasteiger partial charge in [-0.1, -0.05) is 27.7 Å². The lowest BCUT2D eigenvalue weighted by Crippen LogP contribution is -2.29. The molecule has 1 N–H and O–H groups in total. The van der Waals surface area contributed by atoms with Crippen LogP contribution in [0.5, 0.6) is 0 Å². The minimum Gasteiger partial charge on any atom is -0.459 e. The zero-order valence-electron chi connectivity index (χ0n) is 9.63. The van der Waals surface area contributed by atoms with Gasteiger partial charge in [-0.05, 0) is 23.0 Å². The number of nitrogens with one attached hydrogen (secondary N) is 1. The summed E-state index contributed by atoms with van der Waals surface area (Å²) < 4.78 is 5.05. The Labute approximate surface area is 89.9 Å². The molecule has 0 radical (unpaired) electrons. The molecule has 1 amide bonds. The van der Waals surface area contributed by atoms with Crippen LogP contribution >= 0.6 is 0 Å². The van der Waals surface area contributed by atoms with E-state index < -0.39 is 0 Å². The summed E-state index contributed by atoms with van der Waals surface area (Å²) in [5, 5.41) is 3.00. The number of hydrogen-bond acceptors (Lipinski definition) is 2. The van der Waals surface area contributed by atoms with Gasteiger partial charge in [0.2, 0.25) is 0 Å². The number of carbonyl (C=O) groups is 1. The van der Waals surface area contributed by atoms with Gasteiger partial charge in [0, 0.05) is 6.04 Å². The summed E-state index contributed by atoms with van der Waals surface area (Å²) >= 11 is 0. The minimum atomic E-state index is -0.122. The molecule has 1 aliphatic carbocycles. The van der Waals surface area contributed by atoms with Crippen LogP contribution in [0, 0.1) is 10.8 Å². The molecule has 1 aromatic rings. The number of carbonyl (C=O) groups excluding carboxylic acids is 1. The molecule has 1 heterocycles. The molecule has 3 nitrogen and oxygen atoms in total. The van der Waals surface area contributed by atoms with E-state index >= 15 is 0 Å². The lowest BCUT2D eigenvalue weighted by atomic mass is 10.0. The first-order valence-electron chi connectivity index (χ1n) is 5.22. The molecule has 82 valence electrons. The average Bonchev–Trinajstić information content (AvgIpc) is 2.65. The molecule has 0 saturated heterocycles. The quantitative estimate of drug-likeness (QED) is 0.809. The van der Waals surface area contributed by atoms with Crippen molar-refractivity contribution in [2.75, 3.05) is 0 Å². The summed E-state index contributed by atoms with van der Waals surface area (Å²) in [4.78, 5) is 11.7. The average molecular weight is 207 g/mol. The molecule has 0 bridgehead atoms. The van der Waals surface area contributed by atoms with Crippen LogP contribution in [0.15, 0.2) is 22.8 Å². The summed E-state index contributed by atoms with van der Waals surface area (Å²) in [5.41, 5.74) is 0.324.